The van der Waals surface area contributed by atoms with Crippen molar-refractivity contribution in [1.29, 1.82) is 0 Å². The molecule has 1 aromatic heterocycles. The van der Waals surface area contributed by atoms with Crippen molar-refractivity contribution in [2.75, 3.05) is 6.54 Å². The molecule has 0 saturated carbocycles. The number of hydrogen-bond donors (Lipinski definition) is 0. The summed E-state index contributed by atoms with van der Waals surface area (Å²) in [7, 11) is -4.78. The summed E-state index contributed by atoms with van der Waals surface area (Å²) in [5.74, 6) is 1.29. The molecular formula is C19H17FN4O3S. The van der Waals surface area contributed by atoms with Crippen molar-refractivity contribution in [1.82, 2.24) is 19.7 Å². The van der Waals surface area contributed by atoms with Crippen LogP contribution in [0.15, 0.2) is 59.5 Å². The molecule has 0 N–H and O–H groups in total. The molecule has 2 aromatic carbocycles. The topological polar surface area (TPSA) is 85.2 Å². The molecule has 0 aliphatic carbocycles. The Bertz CT molecular complexity index is 1110. The van der Waals surface area contributed by atoms with Gasteiger partial charge in [-0.05, 0) is 29.8 Å². The molecule has 0 saturated heterocycles. The van der Waals surface area contributed by atoms with Crippen LogP contribution in [0.25, 0.3) is 0 Å². The maximum absolute atomic E-state index is 13.0. The molecule has 7 nitrogen and oxygen atoms in total. The first-order chi connectivity index (χ1) is 13.4. The number of fused-ring (bicyclic) bond motifs is 1. The second-order valence-corrected chi connectivity index (χ2v) is 7.88. The van der Waals surface area contributed by atoms with Crippen LogP contribution in [-0.4, -0.2) is 40.5 Å². The minimum Gasteiger partial charge on any atom is -0.329 e. The van der Waals surface area contributed by atoms with Gasteiger partial charge in [0.15, 0.2) is 5.82 Å². The Morgan fingerprint density at radius 1 is 1.00 bits per heavy atom. The highest BCUT2D eigenvalue weighted by Gasteiger charge is 2.25. The van der Waals surface area contributed by atoms with Crippen LogP contribution < -0.4 is 0 Å². The van der Waals surface area contributed by atoms with Crippen molar-refractivity contribution in [2.24, 2.45) is 0 Å². The lowest BCUT2D eigenvalue weighted by atomic mass is 10.1. The Morgan fingerprint density at radius 3 is 2.39 bits per heavy atom. The van der Waals surface area contributed by atoms with Gasteiger partial charge in [-0.2, -0.15) is 8.42 Å². The van der Waals surface area contributed by atoms with Crippen LogP contribution in [0.3, 0.4) is 0 Å². The quantitative estimate of drug-likeness (QED) is 0.627. The molecule has 1 amide bonds. The third kappa shape index (κ3) is 3.65. The zero-order valence-corrected chi connectivity index (χ0v) is 15.6. The van der Waals surface area contributed by atoms with E-state index in [9.17, 15) is 17.1 Å². The van der Waals surface area contributed by atoms with Crippen LogP contribution >= 0.6 is 0 Å². The fourth-order valence-corrected chi connectivity index (χ4v) is 3.70. The zero-order valence-electron chi connectivity index (χ0n) is 14.8. The standard InChI is InChI=1S/C19H17FN4O3S/c20-28(26,27)16-8-6-15(7-9-16)19(25)23-10-11-24-17(21-22-18(24)13-23)12-14-4-2-1-3-5-14/h1-9H,10-13H2. The van der Waals surface area contributed by atoms with Crippen LogP contribution in [0.4, 0.5) is 3.89 Å². The lowest BCUT2D eigenvalue weighted by molar-refractivity contribution is 0.0706. The van der Waals surface area contributed by atoms with E-state index in [0.29, 0.717) is 37.4 Å². The van der Waals surface area contributed by atoms with Gasteiger partial charge in [0, 0.05) is 25.1 Å². The largest absolute Gasteiger partial charge is 0.332 e. The van der Waals surface area contributed by atoms with Crippen molar-refractivity contribution in [3.05, 3.63) is 77.4 Å². The normalized spacial score (nSPS) is 14.0. The van der Waals surface area contributed by atoms with Crippen LogP contribution in [0, 0.1) is 0 Å². The summed E-state index contributed by atoms with van der Waals surface area (Å²) in [4.78, 5) is 13.8. The monoisotopic (exact) mass is 400 g/mol. The molecule has 0 bridgehead atoms. The summed E-state index contributed by atoms with van der Waals surface area (Å²) in [6, 6.07) is 14.8. The van der Waals surface area contributed by atoms with E-state index in [1.165, 1.54) is 12.1 Å². The highest BCUT2D eigenvalue weighted by atomic mass is 32.3. The number of carbonyl (C=O) groups excluding carboxylic acids is 1. The molecule has 0 spiro atoms. The van der Waals surface area contributed by atoms with Gasteiger partial charge in [0.05, 0.1) is 11.4 Å². The molecule has 4 rings (SSSR count). The van der Waals surface area contributed by atoms with Gasteiger partial charge in [-0.25, -0.2) is 0 Å². The molecule has 3 aromatic rings. The molecule has 0 atom stereocenters. The Hall–Kier alpha value is -3.07. The van der Waals surface area contributed by atoms with Gasteiger partial charge in [-0.1, -0.05) is 30.3 Å². The molecule has 0 unspecified atom stereocenters. The minimum atomic E-state index is -4.78. The molecule has 0 fully saturated rings. The molecule has 2 heterocycles. The summed E-state index contributed by atoms with van der Waals surface area (Å²) in [5, 5.41) is 8.48. The van der Waals surface area contributed by atoms with E-state index in [0.717, 1.165) is 23.5 Å². The number of hydrogen-bond acceptors (Lipinski definition) is 5. The van der Waals surface area contributed by atoms with Gasteiger partial charge in [-0.3, -0.25) is 4.79 Å². The van der Waals surface area contributed by atoms with Gasteiger partial charge in [-0.15, -0.1) is 14.1 Å². The SMILES string of the molecule is O=C(c1ccc(S(=O)(=O)F)cc1)N1CCn2c(Cc3ccccc3)nnc2C1. The van der Waals surface area contributed by atoms with Crippen LogP contribution in [0.5, 0.6) is 0 Å². The third-order valence-electron chi connectivity index (χ3n) is 4.70. The molecule has 1 aliphatic rings. The number of aromatic nitrogens is 3. The van der Waals surface area contributed by atoms with Gasteiger partial charge < -0.3 is 9.47 Å². The zero-order chi connectivity index (χ0) is 19.7. The lowest BCUT2D eigenvalue weighted by Gasteiger charge is -2.28. The summed E-state index contributed by atoms with van der Waals surface area (Å²) in [6.45, 7) is 1.37. The van der Waals surface area contributed by atoms with E-state index in [4.69, 9.17) is 0 Å². The Kier molecular flexibility index (Phi) is 4.68. The fourth-order valence-electron chi connectivity index (χ4n) is 3.24. The lowest BCUT2D eigenvalue weighted by Crippen LogP contribution is -2.38. The van der Waals surface area contributed by atoms with Gasteiger partial charge >= 0.3 is 10.2 Å². The first-order valence-corrected chi connectivity index (χ1v) is 10.1. The summed E-state index contributed by atoms with van der Waals surface area (Å²) < 4.78 is 36.8. The predicted octanol–water partition coefficient (Wildman–Crippen LogP) is 2.18. The molecule has 1 aliphatic heterocycles. The molecule has 0 radical (unpaired) electrons. The molecule has 144 valence electrons. The maximum Gasteiger partial charge on any atom is 0.332 e. The first-order valence-electron chi connectivity index (χ1n) is 8.71. The fraction of sp³-hybridized carbons (Fsp3) is 0.211. The summed E-state index contributed by atoms with van der Waals surface area (Å²) >= 11 is 0. The maximum atomic E-state index is 13.0. The van der Waals surface area contributed by atoms with Crippen molar-refractivity contribution in [3.63, 3.8) is 0 Å². The van der Waals surface area contributed by atoms with E-state index in [2.05, 4.69) is 10.2 Å². The summed E-state index contributed by atoms with van der Waals surface area (Å²) in [5.41, 5.74) is 1.43. The number of amides is 1. The highest BCUT2D eigenvalue weighted by Crippen LogP contribution is 2.19. The van der Waals surface area contributed by atoms with E-state index < -0.39 is 15.1 Å². The van der Waals surface area contributed by atoms with E-state index in [1.807, 2.05) is 34.9 Å². The molecule has 28 heavy (non-hydrogen) atoms. The molecular weight excluding hydrogens is 383 g/mol. The van der Waals surface area contributed by atoms with Crippen molar-refractivity contribution >= 4 is 16.1 Å². The highest BCUT2D eigenvalue weighted by molar-refractivity contribution is 7.86. The Labute approximate surface area is 161 Å². The summed E-state index contributed by atoms with van der Waals surface area (Å²) in [6.07, 6.45) is 0.668. The number of nitrogens with zero attached hydrogens (tertiary/aromatic N) is 4. The number of halogens is 1. The smallest absolute Gasteiger partial charge is 0.329 e. The number of rotatable bonds is 4. The van der Waals surface area contributed by atoms with E-state index in [-0.39, 0.29) is 5.91 Å². The second kappa shape index (κ2) is 7.16. The van der Waals surface area contributed by atoms with Crippen LogP contribution in [0.1, 0.15) is 27.6 Å². The van der Waals surface area contributed by atoms with Gasteiger partial charge in [0.1, 0.15) is 5.82 Å². The first kappa shape index (κ1) is 18.3. The second-order valence-electron chi connectivity index (χ2n) is 6.54. The average molecular weight is 400 g/mol. The van der Waals surface area contributed by atoms with Gasteiger partial charge in [0.25, 0.3) is 5.91 Å². The van der Waals surface area contributed by atoms with Crippen molar-refractivity contribution in [3.8, 4) is 0 Å². The van der Waals surface area contributed by atoms with E-state index >= 15 is 0 Å². The van der Waals surface area contributed by atoms with Gasteiger partial charge in [0.2, 0.25) is 0 Å². The van der Waals surface area contributed by atoms with E-state index in [1.54, 1.807) is 4.90 Å². The predicted molar refractivity (Wildman–Crippen MR) is 98.7 cm³/mol. The molecule has 9 heteroatoms. The average Bonchev–Trinajstić information content (AvgIpc) is 3.09. The van der Waals surface area contributed by atoms with Crippen LogP contribution in [0.2, 0.25) is 0 Å². The van der Waals surface area contributed by atoms with Crippen LogP contribution in [-0.2, 0) is 29.7 Å². The van der Waals surface area contributed by atoms with Crippen molar-refractivity contribution < 1.29 is 17.1 Å². The Balaban J connectivity index is 1.49. The van der Waals surface area contributed by atoms with Crippen molar-refractivity contribution in [2.45, 2.75) is 24.4 Å². The minimum absolute atomic E-state index is 0.262. The Morgan fingerprint density at radius 2 is 1.71 bits per heavy atom. The number of benzene rings is 2. The third-order valence-corrected chi connectivity index (χ3v) is 5.54. The number of carbonyl (C=O) groups is 1.